The van der Waals surface area contributed by atoms with Crippen LogP contribution in [0.15, 0.2) is 24.3 Å². The first-order valence-corrected chi connectivity index (χ1v) is 12.0. The lowest BCUT2D eigenvalue weighted by Crippen LogP contribution is -2.48. The summed E-state index contributed by atoms with van der Waals surface area (Å²) in [5.74, 6) is 1.43. The smallest absolute Gasteiger partial charge is 0.263 e. The van der Waals surface area contributed by atoms with E-state index in [1.165, 1.54) is 11.3 Å². The van der Waals surface area contributed by atoms with Crippen LogP contribution < -0.4 is 15.0 Å². The predicted molar refractivity (Wildman–Crippen MR) is 127 cm³/mol. The highest BCUT2D eigenvalue weighted by molar-refractivity contribution is 7.17. The van der Waals surface area contributed by atoms with Crippen LogP contribution in [0.3, 0.4) is 0 Å². The molecule has 0 aliphatic carbocycles. The van der Waals surface area contributed by atoms with Crippen molar-refractivity contribution in [3.8, 4) is 17.0 Å². The average Bonchev–Trinajstić information content (AvgIpc) is 3.19. The number of hydrogen-bond acceptors (Lipinski definition) is 8. The summed E-state index contributed by atoms with van der Waals surface area (Å²) in [6, 6.07) is 8.01. The molecule has 0 radical (unpaired) electrons. The second-order valence-electron chi connectivity index (χ2n) is 9.09. The highest BCUT2D eigenvalue weighted by atomic mass is 32.1. The van der Waals surface area contributed by atoms with Gasteiger partial charge >= 0.3 is 0 Å². The molecule has 2 aromatic heterocycles. The summed E-state index contributed by atoms with van der Waals surface area (Å²) >= 11 is 1.43. The van der Waals surface area contributed by atoms with Gasteiger partial charge in [0.05, 0.1) is 23.6 Å². The normalized spacial score (nSPS) is 16.6. The standard InChI is InChI=1S/C24H27N5O3S/c1-14-25-16(5-4-9-30)12-17(26-14)15-6-7-20-19(11-15)29(8-10-32-20)23-27-18-13-24(2,3)28-22(31)21(18)33-23/h6-7,11-12,30H,4-5,8-10,13H2,1-3H3,(H,28,31). The van der Waals surface area contributed by atoms with Crippen molar-refractivity contribution in [2.24, 2.45) is 0 Å². The van der Waals surface area contributed by atoms with Gasteiger partial charge in [-0.3, -0.25) is 4.79 Å². The van der Waals surface area contributed by atoms with Gasteiger partial charge in [-0.2, -0.15) is 0 Å². The SMILES string of the molecule is Cc1nc(CCCO)cc(-c2ccc3c(c2)N(c2nc4c(s2)C(=O)NC(C)(C)C4)CCO3)n1. The molecular formula is C24H27N5O3S. The molecule has 0 saturated carbocycles. The molecule has 0 atom stereocenters. The van der Waals surface area contributed by atoms with E-state index in [2.05, 4.69) is 26.3 Å². The molecule has 1 amide bonds. The fraction of sp³-hybridized carbons (Fsp3) is 0.417. The van der Waals surface area contributed by atoms with E-state index < -0.39 is 0 Å². The van der Waals surface area contributed by atoms with Gasteiger partial charge in [0.15, 0.2) is 5.13 Å². The maximum absolute atomic E-state index is 12.6. The second kappa shape index (κ2) is 8.39. The lowest BCUT2D eigenvalue weighted by atomic mass is 9.94. The summed E-state index contributed by atoms with van der Waals surface area (Å²) in [6.07, 6.45) is 2.08. The number of hydrogen-bond donors (Lipinski definition) is 2. The highest BCUT2D eigenvalue weighted by Crippen LogP contribution is 2.42. The van der Waals surface area contributed by atoms with Crippen LogP contribution >= 0.6 is 11.3 Å². The summed E-state index contributed by atoms with van der Waals surface area (Å²) in [4.78, 5) is 29.4. The Morgan fingerprint density at radius 1 is 1.24 bits per heavy atom. The number of aromatic nitrogens is 3. The first-order valence-electron chi connectivity index (χ1n) is 11.2. The molecule has 33 heavy (non-hydrogen) atoms. The van der Waals surface area contributed by atoms with E-state index in [1.807, 2.05) is 39.0 Å². The molecule has 0 fully saturated rings. The quantitative estimate of drug-likeness (QED) is 0.595. The summed E-state index contributed by atoms with van der Waals surface area (Å²) in [5.41, 5.74) is 4.18. The van der Waals surface area contributed by atoms with E-state index in [-0.39, 0.29) is 18.1 Å². The maximum atomic E-state index is 12.6. The van der Waals surface area contributed by atoms with Crippen LogP contribution in [0, 0.1) is 6.92 Å². The van der Waals surface area contributed by atoms with Gasteiger partial charge in [0.25, 0.3) is 5.91 Å². The van der Waals surface area contributed by atoms with Crippen LogP contribution in [0.4, 0.5) is 10.8 Å². The number of nitrogens with zero attached hydrogens (tertiary/aromatic N) is 4. The number of nitrogens with one attached hydrogen (secondary N) is 1. The van der Waals surface area contributed by atoms with Gasteiger partial charge < -0.3 is 20.1 Å². The fourth-order valence-corrected chi connectivity index (χ4v) is 5.34. The van der Waals surface area contributed by atoms with E-state index in [0.29, 0.717) is 43.1 Å². The Hall–Kier alpha value is -3.04. The maximum Gasteiger partial charge on any atom is 0.263 e. The van der Waals surface area contributed by atoms with Crippen molar-refractivity contribution in [1.82, 2.24) is 20.3 Å². The molecule has 0 bridgehead atoms. The van der Waals surface area contributed by atoms with Crippen molar-refractivity contribution < 1.29 is 14.6 Å². The number of ether oxygens (including phenoxy) is 1. The minimum Gasteiger partial charge on any atom is -0.490 e. The van der Waals surface area contributed by atoms with E-state index >= 15 is 0 Å². The summed E-state index contributed by atoms with van der Waals surface area (Å²) in [6.45, 7) is 7.25. The van der Waals surface area contributed by atoms with Gasteiger partial charge in [-0.25, -0.2) is 15.0 Å². The number of aryl methyl sites for hydroxylation is 2. The van der Waals surface area contributed by atoms with Crippen molar-refractivity contribution in [2.45, 2.75) is 45.6 Å². The highest BCUT2D eigenvalue weighted by Gasteiger charge is 2.34. The Balaban J connectivity index is 1.52. The molecule has 9 heteroatoms. The van der Waals surface area contributed by atoms with Crippen LogP contribution in [0.2, 0.25) is 0 Å². The van der Waals surface area contributed by atoms with E-state index in [0.717, 1.165) is 39.2 Å². The van der Waals surface area contributed by atoms with Crippen molar-refractivity contribution >= 4 is 28.1 Å². The molecule has 2 aliphatic rings. The Morgan fingerprint density at radius 2 is 2.09 bits per heavy atom. The largest absolute Gasteiger partial charge is 0.490 e. The lowest BCUT2D eigenvalue weighted by molar-refractivity contribution is 0.0901. The average molecular weight is 466 g/mol. The zero-order valence-electron chi connectivity index (χ0n) is 19.0. The van der Waals surface area contributed by atoms with Crippen LogP contribution in [0.25, 0.3) is 11.3 Å². The molecule has 5 rings (SSSR count). The van der Waals surface area contributed by atoms with Crippen molar-refractivity contribution in [2.75, 3.05) is 24.7 Å². The topological polar surface area (TPSA) is 100 Å². The number of thiazole rings is 1. The molecule has 172 valence electrons. The van der Waals surface area contributed by atoms with Gasteiger partial charge in [-0.15, -0.1) is 0 Å². The summed E-state index contributed by atoms with van der Waals surface area (Å²) in [5, 5.41) is 13.0. The molecule has 0 unspecified atom stereocenters. The molecule has 2 N–H and O–H groups in total. The van der Waals surface area contributed by atoms with E-state index in [1.54, 1.807) is 0 Å². The minimum atomic E-state index is -0.301. The number of carbonyl (C=O) groups is 1. The first kappa shape index (κ1) is 21.8. The molecule has 3 aromatic rings. The molecule has 8 nitrogen and oxygen atoms in total. The van der Waals surface area contributed by atoms with Gasteiger partial charge in [-0.1, -0.05) is 11.3 Å². The lowest BCUT2D eigenvalue weighted by Gasteiger charge is -2.29. The number of rotatable bonds is 5. The number of anilines is 2. The number of fused-ring (bicyclic) bond motifs is 2. The number of aliphatic hydroxyl groups is 1. The first-order chi connectivity index (χ1) is 15.8. The Labute approximate surface area is 196 Å². The molecular weight excluding hydrogens is 438 g/mol. The number of amides is 1. The number of aliphatic hydroxyl groups excluding tert-OH is 1. The van der Waals surface area contributed by atoms with Gasteiger partial charge in [0, 0.05) is 29.8 Å². The molecule has 1 aromatic carbocycles. The molecule has 0 spiro atoms. The van der Waals surface area contributed by atoms with Crippen molar-refractivity contribution in [3.05, 3.63) is 46.4 Å². The molecule has 2 aliphatic heterocycles. The Bertz CT molecular complexity index is 1220. The fourth-order valence-electron chi connectivity index (χ4n) is 4.32. The van der Waals surface area contributed by atoms with E-state index in [9.17, 15) is 4.79 Å². The zero-order chi connectivity index (χ0) is 23.2. The summed E-state index contributed by atoms with van der Waals surface area (Å²) < 4.78 is 5.92. The Kier molecular flexibility index (Phi) is 5.54. The third kappa shape index (κ3) is 4.30. The van der Waals surface area contributed by atoms with Gasteiger partial charge in [0.2, 0.25) is 0 Å². The number of carbonyl (C=O) groups excluding carboxylic acids is 1. The third-order valence-electron chi connectivity index (χ3n) is 5.78. The van der Waals surface area contributed by atoms with Gasteiger partial charge in [0.1, 0.15) is 23.1 Å². The zero-order valence-corrected chi connectivity index (χ0v) is 19.8. The van der Waals surface area contributed by atoms with Crippen LogP contribution in [-0.2, 0) is 12.8 Å². The predicted octanol–water partition coefficient (Wildman–Crippen LogP) is 3.43. The molecule has 4 heterocycles. The van der Waals surface area contributed by atoms with Gasteiger partial charge in [-0.05, 0) is 57.9 Å². The molecule has 0 saturated heterocycles. The van der Waals surface area contributed by atoms with Crippen LogP contribution in [0.1, 0.15) is 47.2 Å². The van der Waals surface area contributed by atoms with Crippen LogP contribution in [0.5, 0.6) is 5.75 Å². The van der Waals surface area contributed by atoms with Crippen molar-refractivity contribution in [1.29, 1.82) is 0 Å². The van der Waals surface area contributed by atoms with Crippen LogP contribution in [-0.4, -0.2) is 51.3 Å². The number of benzene rings is 1. The second-order valence-corrected chi connectivity index (χ2v) is 10.1. The van der Waals surface area contributed by atoms with Crippen molar-refractivity contribution in [3.63, 3.8) is 0 Å². The third-order valence-corrected chi connectivity index (χ3v) is 6.90. The van der Waals surface area contributed by atoms with E-state index in [4.69, 9.17) is 14.8 Å². The Morgan fingerprint density at radius 3 is 2.91 bits per heavy atom. The summed E-state index contributed by atoms with van der Waals surface area (Å²) in [7, 11) is 0. The monoisotopic (exact) mass is 465 g/mol. The minimum absolute atomic E-state index is 0.0564.